The van der Waals surface area contributed by atoms with Crippen LogP contribution in [0.1, 0.15) is 26.2 Å². The van der Waals surface area contributed by atoms with Crippen molar-refractivity contribution in [3.05, 3.63) is 30.1 Å². The summed E-state index contributed by atoms with van der Waals surface area (Å²) in [7, 11) is 0. The summed E-state index contributed by atoms with van der Waals surface area (Å²) in [5.74, 6) is 0.323. The van der Waals surface area contributed by atoms with E-state index in [2.05, 4.69) is 11.4 Å². The van der Waals surface area contributed by atoms with Crippen molar-refractivity contribution in [2.45, 2.75) is 31.7 Å². The zero-order valence-electron chi connectivity index (χ0n) is 9.33. The number of nitriles is 1. The van der Waals surface area contributed by atoms with Crippen molar-refractivity contribution in [3.63, 3.8) is 0 Å². The molecule has 0 radical (unpaired) electrons. The minimum absolute atomic E-state index is 0.306. The number of rotatable bonds is 4. The van der Waals surface area contributed by atoms with Crippen LogP contribution in [-0.2, 0) is 0 Å². The molecule has 1 fully saturated rings. The summed E-state index contributed by atoms with van der Waals surface area (Å²) in [5.41, 5.74) is -0.254. The summed E-state index contributed by atoms with van der Waals surface area (Å²) >= 11 is 0. The Labute approximate surface area is 95.1 Å². The molecule has 1 saturated carbocycles. The van der Waals surface area contributed by atoms with Crippen LogP contribution in [0.25, 0.3) is 0 Å². The third-order valence-corrected chi connectivity index (χ3v) is 2.93. The molecule has 1 aromatic carbocycles. The van der Waals surface area contributed by atoms with Crippen molar-refractivity contribution in [3.8, 4) is 6.07 Å². The lowest BCUT2D eigenvalue weighted by Crippen LogP contribution is -2.33. The Bertz CT molecular complexity index is 420. The van der Waals surface area contributed by atoms with Gasteiger partial charge in [0.1, 0.15) is 11.4 Å². The molecule has 1 atom stereocenters. The van der Waals surface area contributed by atoms with Gasteiger partial charge in [0.15, 0.2) is 0 Å². The van der Waals surface area contributed by atoms with Gasteiger partial charge in [-0.25, -0.2) is 4.39 Å². The summed E-state index contributed by atoms with van der Waals surface area (Å²) in [4.78, 5) is 0. The van der Waals surface area contributed by atoms with Crippen molar-refractivity contribution in [2.75, 3.05) is 5.32 Å². The van der Waals surface area contributed by atoms with Crippen LogP contribution in [0.15, 0.2) is 24.3 Å². The first-order valence-corrected chi connectivity index (χ1v) is 5.57. The highest BCUT2D eigenvalue weighted by atomic mass is 19.1. The predicted octanol–water partition coefficient (Wildman–Crippen LogP) is 3.32. The lowest BCUT2D eigenvalue weighted by atomic mass is 9.96. The van der Waals surface area contributed by atoms with Crippen LogP contribution in [0, 0.1) is 23.1 Å². The fourth-order valence-corrected chi connectivity index (χ4v) is 1.88. The second-order valence-corrected chi connectivity index (χ2v) is 4.70. The average molecular weight is 218 g/mol. The number of hydrogen-bond donors (Lipinski definition) is 1. The van der Waals surface area contributed by atoms with E-state index in [4.69, 9.17) is 0 Å². The average Bonchev–Trinajstić information content (AvgIpc) is 3.05. The van der Waals surface area contributed by atoms with E-state index in [0.29, 0.717) is 11.6 Å². The zero-order chi connectivity index (χ0) is 11.6. The van der Waals surface area contributed by atoms with E-state index in [0.717, 1.165) is 6.42 Å². The molecule has 1 aliphatic rings. The molecule has 0 heterocycles. The van der Waals surface area contributed by atoms with Crippen LogP contribution in [0.4, 0.5) is 10.1 Å². The minimum atomic E-state index is -0.663. The number of para-hydroxylation sites is 1. The van der Waals surface area contributed by atoms with E-state index in [-0.39, 0.29) is 5.82 Å². The maximum absolute atomic E-state index is 13.4. The number of nitrogens with one attached hydrogen (secondary N) is 1. The molecule has 0 spiro atoms. The molecule has 3 heteroatoms. The second-order valence-electron chi connectivity index (χ2n) is 4.70. The summed E-state index contributed by atoms with van der Waals surface area (Å²) in [5, 5.41) is 12.2. The molecule has 0 amide bonds. The molecule has 0 aromatic heterocycles. The predicted molar refractivity (Wildman–Crippen MR) is 61.4 cm³/mol. The van der Waals surface area contributed by atoms with Gasteiger partial charge in [-0.1, -0.05) is 25.0 Å². The van der Waals surface area contributed by atoms with E-state index < -0.39 is 5.54 Å². The fraction of sp³-hybridized carbons (Fsp3) is 0.462. The number of hydrogen-bond acceptors (Lipinski definition) is 2. The minimum Gasteiger partial charge on any atom is -0.365 e. The van der Waals surface area contributed by atoms with Crippen molar-refractivity contribution < 1.29 is 4.39 Å². The Balaban J connectivity index is 2.11. The first-order valence-electron chi connectivity index (χ1n) is 5.57. The molecule has 2 nitrogen and oxygen atoms in total. The SMILES string of the molecule is CC(C#N)(CC1CC1)Nc1ccccc1F. The first kappa shape index (κ1) is 10.9. The smallest absolute Gasteiger partial charge is 0.146 e. The lowest BCUT2D eigenvalue weighted by Gasteiger charge is -2.24. The van der Waals surface area contributed by atoms with Crippen LogP contribution < -0.4 is 5.32 Å². The van der Waals surface area contributed by atoms with Gasteiger partial charge in [0.05, 0.1) is 11.8 Å². The molecule has 1 aliphatic carbocycles. The highest BCUT2D eigenvalue weighted by Gasteiger charge is 2.33. The van der Waals surface area contributed by atoms with Crippen molar-refractivity contribution >= 4 is 5.69 Å². The summed E-state index contributed by atoms with van der Waals surface area (Å²) < 4.78 is 13.4. The topological polar surface area (TPSA) is 35.8 Å². The van der Waals surface area contributed by atoms with E-state index in [9.17, 15) is 9.65 Å². The Morgan fingerprint density at radius 2 is 2.19 bits per heavy atom. The monoisotopic (exact) mass is 218 g/mol. The molecule has 2 rings (SSSR count). The van der Waals surface area contributed by atoms with Crippen LogP contribution in [-0.4, -0.2) is 5.54 Å². The van der Waals surface area contributed by atoms with Crippen LogP contribution >= 0.6 is 0 Å². The number of anilines is 1. The quantitative estimate of drug-likeness (QED) is 0.841. The molecule has 1 unspecified atom stereocenters. The highest BCUT2D eigenvalue weighted by molar-refractivity contribution is 5.48. The van der Waals surface area contributed by atoms with E-state index in [1.165, 1.54) is 18.9 Å². The third-order valence-electron chi connectivity index (χ3n) is 2.93. The van der Waals surface area contributed by atoms with Crippen molar-refractivity contribution in [1.82, 2.24) is 0 Å². The van der Waals surface area contributed by atoms with Gasteiger partial charge in [-0.3, -0.25) is 0 Å². The molecular weight excluding hydrogens is 203 g/mol. The van der Waals surface area contributed by atoms with Gasteiger partial charge in [-0.05, 0) is 31.4 Å². The molecular formula is C13H15FN2. The molecule has 0 bridgehead atoms. The van der Waals surface area contributed by atoms with Crippen molar-refractivity contribution in [1.29, 1.82) is 5.26 Å². The van der Waals surface area contributed by atoms with Gasteiger partial charge in [0.25, 0.3) is 0 Å². The maximum atomic E-state index is 13.4. The van der Waals surface area contributed by atoms with E-state index in [1.807, 2.05) is 6.92 Å². The fourth-order valence-electron chi connectivity index (χ4n) is 1.88. The summed E-state index contributed by atoms with van der Waals surface area (Å²) in [6, 6.07) is 8.72. The number of benzene rings is 1. The summed E-state index contributed by atoms with van der Waals surface area (Å²) in [6.45, 7) is 1.83. The molecule has 1 aromatic rings. The van der Waals surface area contributed by atoms with E-state index in [1.54, 1.807) is 18.2 Å². The summed E-state index contributed by atoms with van der Waals surface area (Å²) in [6.07, 6.45) is 3.17. The Kier molecular flexibility index (Phi) is 2.82. The Morgan fingerprint density at radius 1 is 1.50 bits per heavy atom. The molecule has 84 valence electrons. The first-order chi connectivity index (χ1) is 7.63. The van der Waals surface area contributed by atoms with Crippen LogP contribution in [0.3, 0.4) is 0 Å². The van der Waals surface area contributed by atoms with Gasteiger partial charge in [-0.2, -0.15) is 5.26 Å². The zero-order valence-corrected chi connectivity index (χ0v) is 9.33. The van der Waals surface area contributed by atoms with E-state index >= 15 is 0 Å². The van der Waals surface area contributed by atoms with Gasteiger partial charge in [0.2, 0.25) is 0 Å². The molecule has 1 N–H and O–H groups in total. The Hall–Kier alpha value is -1.56. The van der Waals surface area contributed by atoms with Gasteiger partial charge < -0.3 is 5.32 Å². The molecule has 0 aliphatic heterocycles. The highest BCUT2D eigenvalue weighted by Crippen LogP contribution is 2.37. The Morgan fingerprint density at radius 3 is 2.75 bits per heavy atom. The van der Waals surface area contributed by atoms with Crippen molar-refractivity contribution in [2.24, 2.45) is 5.92 Å². The van der Waals surface area contributed by atoms with Gasteiger partial charge >= 0.3 is 0 Å². The van der Waals surface area contributed by atoms with Gasteiger partial charge in [0, 0.05) is 0 Å². The third kappa shape index (κ3) is 2.52. The normalized spacial score (nSPS) is 18.6. The largest absolute Gasteiger partial charge is 0.365 e. The molecule has 0 saturated heterocycles. The van der Waals surface area contributed by atoms with Crippen LogP contribution in [0.2, 0.25) is 0 Å². The number of halogens is 1. The molecule has 16 heavy (non-hydrogen) atoms. The maximum Gasteiger partial charge on any atom is 0.146 e. The standard InChI is InChI=1S/C13H15FN2/c1-13(9-15,8-10-6-7-10)16-12-5-3-2-4-11(12)14/h2-5,10,16H,6-8H2,1H3. The number of nitrogens with zero attached hydrogens (tertiary/aromatic N) is 1. The van der Waals surface area contributed by atoms with Gasteiger partial charge in [-0.15, -0.1) is 0 Å². The van der Waals surface area contributed by atoms with Crippen LogP contribution in [0.5, 0.6) is 0 Å². The lowest BCUT2D eigenvalue weighted by molar-refractivity contribution is 0.537. The second kappa shape index (κ2) is 4.13.